The van der Waals surface area contributed by atoms with Gasteiger partial charge in [0, 0.05) is 19.3 Å². The van der Waals surface area contributed by atoms with Gasteiger partial charge in [0.1, 0.15) is 6.10 Å². The summed E-state index contributed by atoms with van der Waals surface area (Å²) >= 11 is 0. The maximum Gasteiger partial charge on any atom is 0.302 e. The second-order valence-corrected chi connectivity index (χ2v) is 12.9. The molecule has 4 aliphatic carbocycles. The zero-order chi connectivity index (χ0) is 22.7. The second-order valence-electron chi connectivity index (χ2n) is 12.9. The van der Waals surface area contributed by atoms with Crippen LogP contribution in [0.3, 0.4) is 0 Å². The maximum atomic E-state index is 11.1. The molecule has 5 rings (SSSR count). The molecule has 0 aromatic carbocycles. The fourth-order valence-corrected chi connectivity index (χ4v) is 9.60. The molecule has 0 amide bonds. The number of hydrogen-bond acceptors (Lipinski definition) is 3. The summed E-state index contributed by atoms with van der Waals surface area (Å²) in [5.74, 6) is 5.85. The van der Waals surface area contributed by atoms with Crippen molar-refractivity contribution >= 4 is 5.97 Å². The van der Waals surface area contributed by atoms with Crippen LogP contribution in [0.1, 0.15) is 105 Å². The Hall–Kier alpha value is -0.990. The highest BCUT2D eigenvalue weighted by atomic mass is 16.5. The third-order valence-corrected chi connectivity index (χ3v) is 11.2. The van der Waals surface area contributed by atoms with Crippen LogP contribution < -0.4 is 0 Å². The van der Waals surface area contributed by atoms with Crippen LogP contribution in [0.25, 0.3) is 0 Å². The molecule has 4 saturated carbocycles. The third kappa shape index (κ3) is 3.56. The lowest BCUT2D eigenvalue weighted by molar-refractivity contribution is -0.142. The van der Waals surface area contributed by atoms with Gasteiger partial charge in [-0.3, -0.25) is 4.79 Å². The summed E-state index contributed by atoms with van der Waals surface area (Å²) in [7, 11) is 0. The molecule has 4 fully saturated rings. The summed E-state index contributed by atoms with van der Waals surface area (Å²) < 4.78 is 11.9. The molecule has 0 spiro atoms. The Kier molecular flexibility index (Phi) is 5.94. The number of hydrogen-bond donors (Lipinski definition) is 0. The van der Waals surface area contributed by atoms with Crippen molar-refractivity contribution < 1.29 is 14.3 Å². The first-order valence-corrected chi connectivity index (χ1v) is 13.7. The minimum absolute atomic E-state index is 0.176. The van der Waals surface area contributed by atoms with E-state index in [2.05, 4.69) is 27.7 Å². The molecule has 0 radical (unpaired) electrons. The lowest BCUT2D eigenvalue weighted by atomic mass is 9.44. The van der Waals surface area contributed by atoms with Crippen molar-refractivity contribution in [3.63, 3.8) is 0 Å². The van der Waals surface area contributed by atoms with Crippen molar-refractivity contribution in [2.45, 2.75) is 111 Å². The van der Waals surface area contributed by atoms with Gasteiger partial charge in [0.15, 0.2) is 0 Å². The quantitative estimate of drug-likeness (QED) is 0.419. The van der Waals surface area contributed by atoms with Crippen LogP contribution in [-0.4, -0.2) is 18.7 Å². The summed E-state index contributed by atoms with van der Waals surface area (Å²) in [5, 5.41) is 0. The third-order valence-electron chi connectivity index (χ3n) is 11.2. The zero-order valence-corrected chi connectivity index (χ0v) is 21.3. The van der Waals surface area contributed by atoms with E-state index in [4.69, 9.17) is 9.47 Å². The highest BCUT2D eigenvalue weighted by Crippen LogP contribution is 2.69. The van der Waals surface area contributed by atoms with E-state index >= 15 is 0 Å². The number of esters is 1. The zero-order valence-electron chi connectivity index (χ0n) is 21.3. The monoisotopic (exact) mass is 442 g/mol. The topological polar surface area (TPSA) is 35.5 Å². The van der Waals surface area contributed by atoms with E-state index in [9.17, 15) is 4.79 Å². The van der Waals surface area contributed by atoms with Crippen LogP contribution in [0.4, 0.5) is 0 Å². The van der Waals surface area contributed by atoms with Gasteiger partial charge in [0.25, 0.3) is 0 Å². The smallest absolute Gasteiger partial charge is 0.302 e. The Balaban J connectivity index is 1.29. The maximum absolute atomic E-state index is 11.1. The predicted molar refractivity (Wildman–Crippen MR) is 128 cm³/mol. The fraction of sp³-hybridized carbons (Fsp3) is 0.897. The van der Waals surface area contributed by atoms with Crippen LogP contribution in [0.2, 0.25) is 0 Å². The number of ether oxygens (including phenoxy) is 2. The molecule has 3 nitrogen and oxygen atoms in total. The average molecular weight is 443 g/mol. The molecule has 0 saturated heterocycles. The van der Waals surface area contributed by atoms with Crippen LogP contribution in [0, 0.1) is 46.3 Å². The minimum atomic E-state index is -0.176. The van der Waals surface area contributed by atoms with Crippen molar-refractivity contribution in [3.05, 3.63) is 11.3 Å². The molecule has 9 atom stereocenters. The van der Waals surface area contributed by atoms with Gasteiger partial charge in [0.05, 0.1) is 12.4 Å². The van der Waals surface area contributed by atoms with Crippen molar-refractivity contribution in [2.75, 3.05) is 6.61 Å². The number of allylic oxidation sites excluding steroid dienone is 1. The minimum Gasteiger partial charge on any atom is -0.494 e. The van der Waals surface area contributed by atoms with Crippen LogP contribution in [0.5, 0.6) is 0 Å². The molecule has 0 aromatic heterocycles. The standard InChI is InChI=1S/C29H46O3/c1-18(17-31-20(3)30)9-12-25-19(2)27-26(32-25)16-24-22-11-10-21-8-6-7-14-28(21,4)23(22)13-15-29(24,27)5/h18,21-24,26-27H,6-17H2,1-5H3/t18-,21-,22-,23+,24+,26+,27+,28+,29+/m1/s1. The second kappa shape index (κ2) is 8.35. The van der Waals surface area contributed by atoms with Gasteiger partial charge in [-0.1, -0.05) is 33.6 Å². The lowest BCUT2D eigenvalue weighted by Gasteiger charge is -2.60. The molecule has 0 N–H and O–H groups in total. The first-order chi connectivity index (χ1) is 15.2. The Morgan fingerprint density at radius 2 is 1.91 bits per heavy atom. The Bertz CT molecular complexity index is 770. The van der Waals surface area contributed by atoms with Crippen molar-refractivity contribution in [3.8, 4) is 0 Å². The van der Waals surface area contributed by atoms with Gasteiger partial charge in [-0.05, 0) is 104 Å². The molecule has 0 aromatic rings. The van der Waals surface area contributed by atoms with Crippen molar-refractivity contribution in [1.29, 1.82) is 0 Å². The molecule has 0 unspecified atom stereocenters. The van der Waals surface area contributed by atoms with E-state index in [0.717, 1.165) is 36.5 Å². The van der Waals surface area contributed by atoms with Gasteiger partial charge < -0.3 is 9.47 Å². The summed E-state index contributed by atoms with van der Waals surface area (Å²) in [4.78, 5) is 11.1. The van der Waals surface area contributed by atoms with Gasteiger partial charge in [-0.2, -0.15) is 0 Å². The Labute approximate surface area is 196 Å². The van der Waals surface area contributed by atoms with E-state index in [1.807, 2.05) is 0 Å². The Morgan fingerprint density at radius 3 is 2.69 bits per heavy atom. The average Bonchev–Trinajstić information content (AvgIpc) is 3.23. The molecule has 3 heteroatoms. The largest absolute Gasteiger partial charge is 0.494 e. The Morgan fingerprint density at radius 1 is 1.09 bits per heavy atom. The number of carbonyl (C=O) groups excluding carboxylic acids is 1. The fourth-order valence-electron chi connectivity index (χ4n) is 9.60. The SMILES string of the molecule is CC(=O)OC[C@H](C)CCC1=C(C)[C@H]2[C@H](C[C@H]3[C@@H]4CC[C@H]5CCCC[C@]5(C)[C@H]4CC[C@@]32C)O1. The van der Waals surface area contributed by atoms with Crippen molar-refractivity contribution in [1.82, 2.24) is 0 Å². The van der Waals surface area contributed by atoms with E-state index in [1.165, 1.54) is 70.5 Å². The van der Waals surface area contributed by atoms with Gasteiger partial charge in [-0.25, -0.2) is 0 Å². The van der Waals surface area contributed by atoms with E-state index < -0.39 is 0 Å². The van der Waals surface area contributed by atoms with Crippen LogP contribution >= 0.6 is 0 Å². The van der Waals surface area contributed by atoms with E-state index in [1.54, 1.807) is 5.57 Å². The van der Waals surface area contributed by atoms with Crippen molar-refractivity contribution in [2.24, 2.45) is 46.3 Å². The van der Waals surface area contributed by atoms with Crippen LogP contribution in [0.15, 0.2) is 11.3 Å². The molecule has 1 heterocycles. The van der Waals surface area contributed by atoms with Gasteiger partial charge in [0.2, 0.25) is 0 Å². The summed E-state index contributed by atoms with van der Waals surface area (Å²) in [6.45, 7) is 11.9. The first-order valence-electron chi connectivity index (χ1n) is 13.7. The molecular formula is C29H46O3. The molecule has 32 heavy (non-hydrogen) atoms. The predicted octanol–water partition coefficient (Wildman–Crippen LogP) is 7.30. The van der Waals surface area contributed by atoms with E-state index in [0.29, 0.717) is 35.4 Å². The normalized spacial score (nSPS) is 45.9. The number of rotatable bonds is 5. The molecule has 1 aliphatic heterocycles. The molecule has 180 valence electrons. The summed E-state index contributed by atoms with van der Waals surface area (Å²) in [5.41, 5.74) is 2.60. The summed E-state index contributed by atoms with van der Waals surface area (Å²) in [6, 6.07) is 0. The lowest BCUT2D eigenvalue weighted by Crippen LogP contribution is -2.52. The van der Waals surface area contributed by atoms with E-state index in [-0.39, 0.29) is 5.97 Å². The van der Waals surface area contributed by atoms with Gasteiger partial charge >= 0.3 is 5.97 Å². The van der Waals surface area contributed by atoms with Crippen LogP contribution in [-0.2, 0) is 14.3 Å². The van der Waals surface area contributed by atoms with Gasteiger partial charge in [-0.15, -0.1) is 0 Å². The highest BCUT2D eigenvalue weighted by Gasteiger charge is 2.64. The molecule has 5 aliphatic rings. The number of fused-ring (bicyclic) bond motifs is 7. The number of carbonyl (C=O) groups is 1. The molecular weight excluding hydrogens is 396 g/mol. The summed E-state index contributed by atoms with van der Waals surface area (Å²) in [6.07, 6.45) is 15.5. The molecule has 0 bridgehead atoms. The first kappa shape index (κ1) is 22.8. The highest BCUT2D eigenvalue weighted by molar-refractivity contribution is 5.65.